The zero-order chi connectivity index (χ0) is 27.7. The fourth-order valence-corrected chi connectivity index (χ4v) is 4.66. The second-order valence-corrected chi connectivity index (χ2v) is 9.52. The summed E-state index contributed by atoms with van der Waals surface area (Å²) in [7, 11) is 1.62. The number of hydrazone groups is 1. The van der Waals surface area contributed by atoms with Crippen LogP contribution in [0.1, 0.15) is 34.3 Å². The van der Waals surface area contributed by atoms with Gasteiger partial charge < -0.3 is 20.1 Å². The number of rotatable bonds is 10. The number of carbonyl (C=O) groups is 1. The molecular weight excluding hydrogens is 506 g/mol. The molecule has 1 aliphatic rings. The summed E-state index contributed by atoms with van der Waals surface area (Å²) < 4.78 is 5.25. The number of piperidine rings is 1. The van der Waals surface area contributed by atoms with E-state index >= 15 is 0 Å². The predicted octanol–water partition coefficient (Wildman–Crippen LogP) is 5.23. The number of hydrogen-bond donors (Lipinski definition) is 3. The summed E-state index contributed by atoms with van der Waals surface area (Å²) in [5.41, 5.74) is 5.63. The van der Waals surface area contributed by atoms with Crippen molar-refractivity contribution in [3.63, 3.8) is 0 Å². The van der Waals surface area contributed by atoms with Crippen LogP contribution in [0.15, 0.2) is 84.0 Å². The van der Waals surface area contributed by atoms with Crippen molar-refractivity contribution in [2.24, 2.45) is 11.0 Å². The quantitative estimate of drug-likeness (QED) is 0.184. The van der Waals surface area contributed by atoms with Crippen LogP contribution in [0.3, 0.4) is 0 Å². The van der Waals surface area contributed by atoms with Crippen LogP contribution in [-0.2, 0) is 6.42 Å². The van der Waals surface area contributed by atoms with E-state index in [1.54, 1.807) is 25.3 Å². The lowest BCUT2D eigenvalue weighted by Crippen LogP contribution is -2.35. The van der Waals surface area contributed by atoms with E-state index in [9.17, 15) is 9.90 Å². The zero-order valence-corrected chi connectivity index (χ0v) is 22.2. The van der Waals surface area contributed by atoms with E-state index in [1.807, 2.05) is 30.3 Å². The lowest BCUT2D eigenvalue weighted by molar-refractivity contribution is 0.0696. The van der Waals surface area contributed by atoms with E-state index in [4.69, 9.17) is 9.72 Å². The standard InChI is InChI=1S/C30H31N7O3/c1-40-25-13-11-24(12-14-25)32-28-33-29(36-31-20-23-9-5-6-10-26(23)27(38)39)35-30(34-28)37-17-15-22(16-18-37)19-21-7-3-2-4-8-21/h2-14,20,22H,15-19H2,1H3,(H,38,39)(H2,32,33,34,35,36)/b31-20-. The van der Waals surface area contributed by atoms with Gasteiger partial charge in [0.2, 0.25) is 17.8 Å². The third kappa shape index (κ3) is 6.90. The second kappa shape index (κ2) is 12.7. The van der Waals surface area contributed by atoms with Crippen LogP contribution in [0.4, 0.5) is 23.5 Å². The number of nitrogens with zero attached hydrogens (tertiary/aromatic N) is 5. The van der Waals surface area contributed by atoms with E-state index in [-0.39, 0.29) is 11.5 Å². The minimum Gasteiger partial charge on any atom is -0.497 e. The molecule has 40 heavy (non-hydrogen) atoms. The number of nitrogens with one attached hydrogen (secondary N) is 2. The summed E-state index contributed by atoms with van der Waals surface area (Å²) in [6.07, 6.45) is 4.58. The maximum atomic E-state index is 11.5. The number of carboxylic acids is 1. The summed E-state index contributed by atoms with van der Waals surface area (Å²) in [6, 6.07) is 24.7. The van der Waals surface area contributed by atoms with Crippen molar-refractivity contribution >= 4 is 35.7 Å². The molecule has 10 nitrogen and oxygen atoms in total. The van der Waals surface area contributed by atoms with Gasteiger partial charge in [-0.3, -0.25) is 0 Å². The van der Waals surface area contributed by atoms with E-state index < -0.39 is 5.97 Å². The number of methoxy groups -OCH3 is 1. The Kier molecular flexibility index (Phi) is 8.45. The molecule has 4 aromatic rings. The molecular formula is C30H31N7O3. The Morgan fingerprint density at radius 3 is 2.40 bits per heavy atom. The third-order valence-corrected chi connectivity index (χ3v) is 6.79. The SMILES string of the molecule is COc1ccc(Nc2nc(N/N=C\c3ccccc3C(=O)O)nc(N3CCC(Cc4ccccc4)CC3)n2)cc1. The van der Waals surface area contributed by atoms with Gasteiger partial charge in [0.15, 0.2) is 0 Å². The van der Waals surface area contributed by atoms with Crippen molar-refractivity contribution < 1.29 is 14.6 Å². The first-order valence-corrected chi connectivity index (χ1v) is 13.1. The molecule has 1 saturated heterocycles. The Morgan fingerprint density at radius 2 is 1.68 bits per heavy atom. The number of carboxylic acid groups (broad SMARTS) is 1. The highest BCUT2D eigenvalue weighted by atomic mass is 16.5. The number of aromatic carboxylic acids is 1. The molecule has 5 rings (SSSR count). The van der Waals surface area contributed by atoms with Crippen molar-refractivity contribution in [3.8, 4) is 5.75 Å². The average Bonchev–Trinajstić information content (AvgIpc) is 2.98. The second-order valence-electron chi connectivity index (χ2n) is 9.52. The van der Waals surface area contributed by atoms with Gasteiger partial charge in [-0.05, 0) is 61.1 Å². The Bertz CT molecular complexity index is 1450. The van der Waals surface area contributed by atoms with Crippen molar-refractivity contribution in [1.82, 2.24) is 15.0 Å². The number of benzene rings is 3. The lowest BCUT2D eigenvalue weighted by atomic mass is 9.90. The number of hydrogen-bond acceptors (Lipinski definition) is 9. The monoisotopic (exact) mass is 537 g/mol. The fraction of sp³-hybridized carbons (Fsp3) is 0.233. The minimum absolute atomic E-state index is 0.157. The Morgan fingerprint density at radius 1 is 0.975 bits per heavy atom. The highest BCUT2D eigenvalue weighted by Gasteiger charge is 2.22. The molecule has 204 valence electrons. The van der Waals surface area contributed by atoms with Crippen LogP contribution >= 0.6 is 0 Å². The predicted molar refractivity (Wildman–Crippen MR) is 156 cm³/mol. The molecule has 0 radical (unpaired) electrons. The van der Waals surface area contributed by atoms with Crippen LogP contribution in [0, 0.1) is 5.92 Å². The van der Waals surface area contributed by atoms with Crippen LogP contribution in [-0.4, -0.2) is 52.4 Å². The van der Waals surface area contributed by atoms with Gasteiger partial charge in [0.05, 0.1) is 18.9 Å². The summed E-state index contributed by atoms with van der Waals surface area (Å²) in [6.45, 7) is 1.66. The Labute approximate surface area is 232 Å². The number of ether oxygens (including phenoxy) is 1. The van der Waals surface area contributed by atoms with Gasteiger partial charge in [0.1, 0.15) is 5.75 Å². The molecule has 0 bridgehead atoms. The molecule has 0 atom stereocenters. The van der Waals surface area contributed by atoms with Crippen molar-refractivity contribution in [1.29, 1.82) is 0 Å². The molecule has 1 aliphatic heterocycles. The van der Waals surface area contributed by atoms with Gasteiger partial charge in [-0.1, -0.05) is 48.5 Å². The first kappa shape index (κ1) is 26.6. The molecule has 0 amide bonds. The van der Waals surface area contributed by atoms with Gasteiger partial charge in [-0.25, -0.2) is 10.2 Å². The molecule has 10 heteroatoms. The van der Waals surface area contributed by atoms with Gasteiger partial charge in [0.25, 0.3) is 0 Å². The zero-order valence-electron chi connectivity index (χ0n) is 22.2. The van der Waals surface area contributed by atoms with E-state index in [0.717, 1.165) is 43.8 Å². The maximum Gasteiger partial charge on any atom is 0.336 e. The Balaban J connectivity index is 1.34. The minimum atomic E-state index is -1.02. The molecule has 2 heterocycles. The van der Waals surface area contributed by atoms with Gasteiger partial charge in [-0.2, -0.15) is 20.1 Å². The van der Waals surface area contributed by atoms with Crippen molar-refractivity contribution in [3.05, 3.63) is 95.6 Å². The van der Waals surface area contributed by atoms with Crippen LogP contribution in [0.5, 0.6) is 5.75 Å². The number of anilines is 4. The smallest absolute Gasteiger partial charge is 0.336 e. The van der Waals surface area contributed by atoms with E-state index in [0.29, 0.717) is 23.4 Å². The summed E-state index contributed by atoms with van der Waals surface area (Å²) in [5.74, 6) is 1.49. The topological polar surface area (TPSA) is 125 Å². The lowest BCUT2D eigenvalue weighted by Gasteiger charge is -2.32. The molecule has 3 aromatic carbocycles. The Hall–Kier alpha value is -4.99. The first-order valence-electron chi connectivity index (χ1n) is 13.1. The van der Waals surface area contributed by atoms with E-state index in [1.165, 1.54) is 17.8 Å². The molecule has 1 aromatic heterocycles. The first-order chi connectivity index (χ1) is 19.6. The summed E-state index contributed by atoms with van der Waals surface area (Å²) in [5, 5.41) is 16.9. The van der Waals surface area contributed by atoms with Crippen LogP contribution in [0.2, 0.25) is 0 Å². The summed E-state index contributed by atoms with van der Waals surface area (Å²) in [4.78, 5) is 27.5. The average molecular weight is 538 g/mol. The molecule has 3 N–H and O–H groups in total. The highest BCUT2D eigenvalue weighted by molar-refractivity contribution is 5.98. The van der Waals surface area contributed by atoms with E-state index in [2.05, 4.69) is 55.0 Å². The van der Waals surface area contributed by atoms with Gasteiger partial charge >= 0.3 is 5.97 Å². The molecule has 1 fully saturated rings. The molecule has 0 spiro atoms. The number of aromatic nitrogens is 3. The third-order valence-electron chi connectivity index (χ3n) is 6.79. The van der Waals surface area contributed by atoms with Gasteiger partial charge in [-0.15, -0.1) is 0 Å². The normalized spacial score (nSPS) is 13.8. The van der Waals surface area contributed by atoms with Crippen LogP contribution in [0.25, 0.3) is 0 Å². The fourth-order valence-electron chi connectivity index (χ4n) is 4.66. The largest absolute Gasteiger partial charge is 0.497 e. The van der Waals surface area contributed by atoms with Crippen LogP contribution < -0.4 is 20.4 Å². The van der Waals surface area contributed by atoms with Crippen molar-refractivity contribution in [2.45, 2.75) is 19.3 Å². The molecule has 0 aliphatic carbocycles. The van der Waals surface area contributed by atoms with Crippen molar-refractivity contribution in [2.75, 3.05) is 35.8 Å². The maximum absolute atomic E-state index is 11.5. The summed E-state index contributed by atoms with van der Waals surface area (Å²) >= 11 is 0. The van der Waals surface area contributed by atoms with Gasteiger partial charge in [0, 0.05) is 24.3 Å². The molecule has 0 saturated carbocycles. The molecule has 0 unspecified atom stereocenters. The highest BCUT2D eigenvalue weighted by Crippen LogP contribution is 2.26.